The second-order valence-corrected chi connectivity index (χ2v) is 6.87. The van der Waals surface area contributed by atoms with Crippen LogP contribution in [0.3, 0.4) is 0 Å². The molecule has 0 aromatic carbocycles. The van der Waals surface area contributed by atoms with Crippen molar-refractivity contribution in [1.29, 1.82) is 0 Å². The fraction of sp³-hybridized carbons (Fsp3) is 0.588. The van der Waals surface area contributed by atoms with Crippen molar-refractivity contribution < 1.29 is 9.53 Å². The molecule has 2 fully saturated rings. The summed E-state index contributed by atoms with van der Waals surface area (Å²) < 4.78 is 5.86. The van der Waals surface area contributed by atoms with Gasteiger partial charge in [-0.1, -0.05) is 0 Å². The minimum atomic E-state index is -0.0989. The summed E-state index contributed by atoms with van der Waals surface area (Å²) in [5.41, 5.74) is 1.48. The Morgan fingerprint density at radius 3 is 2.96 bits per heavy atom. The first kappa shape index (κ1) is 16.1. The van der Waals surface area contributed by atoms with Gasteiger partial charge >= 0.3 is 0 Å². The number of likely N-dealkylation sites (N-methyl/N-ethyl adjacent to an activating group) is 1. The van der Waals surface area contributed by atoms with Gasteiger partial charge in [-0.05, 0) is 26.2 Å². The van der Waals surface area contributed by atoms with Crippen molar-refractivity contribution in [3.05, 3.63) is 35.4 Å². The molecule has 0 spiro atoms. The Balaban J connectivity index is 1.48. The highest BCUT2D eigenvalue weighted by atomic mass is 16.5. The van der Waals surface area contributed by atoms with Crippen LogP contribution in [-0.4, -0.2) is 62.3 Å². The first-order valence-electron chi connectivity index (χ1n) is 8.69. The standard InChI is InChI=1S/C17H22N6O2/c1-10-20-16(22-21-10)12-5-6-25-14(12)8-23(2)17(24)13-7-18-9-19-15(13)11-3-4-11/h7,9,11-12,14H,3-6,8H2,1-2H3,(H,20,21,22)/t12-,14-/m1/s1. The van der Waals surface area contributed by atoms with E-state index in [1.165, 1.54) is 6.33 Å². The minimum absolute atomic E-state index is 0.0529. The summed E-state index contributed by atoms with van der Waals surface area (Å²) in [6, 6.07) is 0. The van der Waals surface area contributed by atoms with Gasteiger partial charge in [-0.25, -0.2) is 15.0 Å². The van der Waals surface area contributed by atoms with Crippen LogP contribution in [0, 0.1) is 6.92 Å². The van der Waals surface area contributed by atoms with Crippen molar-refractivity contribution in [2.75, 3.05) is 20.2 Å². The maximum absolute atomic E-state index is 12.9. The third kappa shape index (κ3) is 3.26. The first-order chi connectivity index (χ1) is 12.1. The molecule has 0 radical (unpaired) electrons. The summed E-state index contributed by atoms with van der Waals surface area (Å²) in [4.78, 5) is 27.4. The van der Waals surface area contributed by atoms with E-state index in [2.05, 4.69) is 25.1 Å². The molecule has 1 saturated carbocycles. The third-order valence-corrected chi connectivity index (χ3v) is 4.89. The van der Waals surface area contributed by atoms with Crippen LogP contribution in [0.5, 0.6) is 0 Å². The second kappa shape index (κ2) is 6.51. The number of aryl methyl sites for hydroxylation is 1. The monoisotopic (exact) mass is 342 g/mol. The molecule has 8 nitrogen and oxygen atoms in total. The number of H-pyrrole nitrogens is 1. The number of hydrogen-bond acceptors (Lipinski definition) is 6. The number of aromatic amines is 1. The number of carbonyl (C=O) groups is 1. The van der Waals surface area contributed by atoms with E-state index in [1.807, 2.05) is 6.92 Å². The number of aromatic nitrogens is 5. The zero-order chi connectivity index (χ0) is 17.4. The number of carbonyl (C=O) groups excluding carboxylic acids is 1. The van der Waals surface area contributed by atoms with E-state index in [0.29, 0.717) is 24.6 Å². The maximum atomic E-state index is 12.9. The molecule has 2 aliphatic rings. The average molecular weight is 342 g/mol. The molecule has 2 aromatic heterocycles. The summed E-state index contributed by atoms with van der Waals surface area (Å²) in [5, 5.41) is 7.15. The van der Waals surface area contributed by atoms with Gasteiger partial charge in [-0.15, -0.1) is 0 Å². The van der Waals surface area contributed by atoms with E-state index in [-0.39, 0.29) is 17.9 Å². The van der Waals surface area contributed by atoms with E-state index in [4.69, 9.17) is 4.74 Å². The fourth-order valence-corrected chi connectivity index (χ4v) is 3.39. The number of nitrogens with zero attached hydrogens (tertiary/aromatic N) is 5. The van der Waals surface area contributed by atoms with Gasteiger partial charge in [0.25, 0.3) is 5.91 Å². The SMILES string of the molecule is Cc1nc([C@@H]2CCO[C@@H]2CN(C)C(=O)c2cncnc2C2CC2)n[nH]1. The molecule has 1 N–H and O–H groups in total. The topological polar surface area (TPSA) is 96.9 Å². The average Bonchev–Trinajstić information content (AvgIpc) is 3.22. The highest BCUT2D eigenvalue weighted by Gasteiger charge is 2.35. The van der Waals surface area contributed by atoms with E-state index in [1.54, 1.807) is 18.1 Å². The van der Waals surface area contributed by atoms with Crippen LogP contribution in [0.2, 0.25) is 0 Å². The summed E-state index contributed by atoms with van der Waals surface area (Å²) in [5.74, 6) is 2.02. The lowest BCUT2D eigenvalue weighted by Gasteiger charge is -2.24. The molecule has 0 bridgehead atoms. The van der Waals surface area contributed by atoms with Crippen LogP contribution in [0.1, 0.15) is 58.8 Å². The lowest BCUT2D eigenvalue weighted by Crippen LogP contribution is -2.37. The van der Waals surface area contributed by atoms with Gasteiger partial charge in [-0.2, -0.15) is 5.10 Å². The van der Waals surface area contributed by atoms with Crippen LogP contribution < -0.4 is 0 Å². The molecule has 1 saturated heterocycles. The summed E-state index contributed by atoms with van der Waals surface area (Å²) >= 11 is 0. The molecule has 1 aliphatic heterocycles. The van der Waals surface area contributed by atoms with Gasteiger partial charge in [0.05, 0.1) is 23.3 Å². The lowest BCUT2D eigenvalue weighted by atomic mass is 10.00. The van der Waals surface area contributed by atoms with Crippen molar-refractivity contribution in [3.8, 4) is 0 Å². The predicted octanol–water partition coefficient (Wildman–Crippen LogP) is 1.43. The molecule has 132 valence electrons. The molecule has 8 heteroatoms. The summed E-state index contributed by atoms with van der Waals surface area (Å²) in [7, 11) is 1.80. The molecule has 4 rings (SSSR count). The number of hydrogen-bond donors (Lipinski definition) is 1. The Bertz CT molecular complexity index is 772. The summed E-state index contributed by atoms with van der Waals surface area (Å²) in [6.45, 7) is 3.04. The molecule has 25 heavy (non-hydrogen) atoms. The molecular formula is C17H22N6O2. The van der Waals surface area contributed by atoms with Crippen LogP contribution in [0.4, 0.5) is 0 Å². The quantitative estimate of drug-likeness (QED) is 0.883. The van der Waals surface area contributed by atoms with Gasteiger partial charge in [0.15, 0.2) is 5.82 Å². The van der Waals surface area contributed by atoms with Crippen molar-refractivity contribution in [1.82, 2.24) is 30.0 Å². The molecule has 2 atom stereocenters. The van der Waals surface area contributed by atoms with Gasteiger partial charge in [0.2, 0.25) is 0 Å². The van der Waals surface area contributed by atoms with Crippen molar-refractivity contribution in [2.24, 2.45) is 0 Å². The lowest BCUT2D eigenvalue weighted by molar-refractivity contribution is 0.0548. The van der Waals surface area contributed by atoms with E-state index >= 15 is 0 Å². The van der Waals surface area contributed by atoms with Crippen molar-refractivity contribution >= 4 is 5.91 Å². The Labute approximate surface area is 146 Å². The Morgan fingerprint density at radius 1 is 1.40 bits per heavy atom. The molecule has 3 heterocycles. The number of nitrogens with one attached hydrogen (secondary N) is 1. The smallest absolute Gasteiger partial charge is 0.257 e. The maximum Gasteiger partial charge on any atom is 0.257 e. The number of amides is 1. The van der Waals surface area contributed by atoms with Gasteiger partial charge in [-0.3, -0.25) is 9.89 Å². The Morgan fingerprint density at radius 2 is 2.24 bits per heavy atom. The third-order valence-electron chi connectivity index (χ3n) is 4.89. The molecular weight excluding hydrogens is 320 g/mol. The van der Waals surface area contributed by atoms with Gasteiger partial charge in [0, 0.05) is 32.3 Å². The zero-order valence-corrected chi connectivity index (χ0v) is 14.5. The van der Waals surface area contributed by atoms with Crippen LogP contribution in [-0.2, 0) is 4.74 Å². The van der Waals surface area contributed by atoms with Gasteiger partial charge in [0.1, 0.15) is 12.2 Å². The first-order valence-corrected chi connectivity index (χ1v) is 8.69. The van der Waals surface area contributed by atoms with Crippen LogP contribution >= 0.6 is 0 Å². The second-order valence-electron chi connectivity index (χ2n) is 6.87. The van der Waals surface area contributed by atoms with Crippen molar-refractivity contribution in [3.63, 3.8) is 0 Å². The van der Waals surface area contributed by atoms with E-state index in [9.17, 15) is 4.79 Å². The minimum Gasteiger partial charge on any atom is -0.376 e. The Hall–Kier alpha value is -2.35. The normalized spacial score (nSPS) is 23.0. The van der Waals surface area contributed by atoms with Gasteiger partial charge < -0.3 is 9.64 Å². The molecule has 1 aliphatic carbocycles. The Kier molecular flexibility index (Phi) is 4.20. The molecule has 0 unspecified atom stereocenters. The highest BCUT2D eigenvalue weighted by Crippen LogP contribution is 2.40. The van der Waals surface area contributed by atoms with E-state index in [0.717, 1.165) is 36.6 Å². The number of rotatable bonds is 5. The molecule has 2 aromatic rings. The highest BCUT2D eigenvalue weighted by molar-refractivity contribution is 5.95. The summed E-state index contributed by atoms with van der Waals surface area (Å²) in [6.07, 6.45) is 6.11. The zero-order valence-electron chi connectivity index (χ0n) is 14.5. The van der Waals surface area contributed by atoms with Crippen molar-refractivity contribution in [2.45, 2.75) is 44.1 Å². The number of ether oxygens (including phenoxy) is 1. The van der Waals surface area contributed by atoms with Crippen LogP contribution in [0.15, 0.2) is 12.5 Å². The molecule has 1 amide bonds. The van der Waals surface area contributed by atoms with E-state index < -0.39 is 0 Å². The van der Waals surface area contributed by atoms with Crippen LogP contribution in [0.25, 0.3) is 0 Å². The largest absolute Gasteiger partial charge is 0.376 e. The fourth-order valence-electron chi connectivity index (χ4n) is 3.39. The predicted molar refractivity (Wildman–Crippen MR) is 89.2 cm³/mol.